The first-order valence-corrected chi connectivity index (χ1v) is 10.8. The molecule has 3 aromatic rings. The van der Waals surface area contributed by atoms with Crippen molar-refractivity contribution in [2.75, 3.05) is 40.4 Å². The maximum Gasteiger partial charge on any atom is 0.161 e. The summed E-state index contributed by atoms with van der Waals surface area (Å²) < 4.78 is 17.2. The van der Waals surface area contributed by atoms with Crippen LogP contribution in [0.1, 0.15) is 23.6 Å². The summed E-state index contributed by atoms with van der Waals surface area (Å²) in [5.41, 5.74) is 2.37. The molecular formula is C26H30N2O3. The molecule has 0 bridgehead atoms. The highest BCUT2D eigenvalue weighted by Gasteiger charge is 2.25. The van der Waals surface area contributed by atoms with Crippen LogP contribution in [-0.4, -0.2) is 45.3 Å². The van der Waals surface area contributed by atoms with Gasteiger partial charge in [-0.1, -0.05) is 36.4 Å². The quantitative estimate of drug-likeness (QED) is 0.592. The van der Waals surface area contributed by atoms with E-state index in [1.165, 1.54) is 11.1 Å². The molecule has 31 heavy (non-hydrogen) atoms. The molecule has 0 spiro atoms. The van der Waals surface area contributed by atoms with Crippen LogP contribution in [0.2, 0.25) is 0 Å². The van der Waals surface area contributed by atoms with E-state index < -0.39 is 0 Å². The molecule has 1 N–H and O–H groups in total. The zero-order valence-electron chi connectivity index (χ0n) is 18.2. The van der Waals surface area contributed by atoms with Crippen LogP contribution < -0.4 is 19.5 Å². The van der Waals surface area contributed by atoms with Gasteiger partial charge in [-0.3, -0.25) is 4.90 Å². The number of benzene rings is 3. The molecule has 1 saturated heterocycles. The molecule has 0 aliphatic carbocycles. The van der Waals surface area contributed by atoms with E-state index in [1.807, 2.05) is 42.5 Å². The van der Waals surface area contributed by atoms with E-state index >= 15 is 0 Å². The van der Waals surface area contributed by atoms with Crippen molar-refractivity contribution < 1.29 is 14.2 Å². The van der Waals surface area contributed by atoms with Crippen LogP contribution in [-0.2, 0) is 0 Å². The van der Waals surface area contributed by atoms with Gasteiger partial charge in [0.2, 0.25) is 0 Å². The lowest BCUT2D eigenvalue weighted by Gasteiger charge is -2.32. The van der Waals surface area contributed by atoms with Gasteiger partial charge in [-0.15, -0.1) is 0 Å². The molecule has 1 unspecified atom stereocenters. The van der Waals surface area contributed by atoms with E-state index in [2.05, 4.69) is 40.5 Å². The zero-order valence-corrected chi connectivity index (χ0v) is 18.2. The fourth-order valence-electron chi connectivity index (χ4n) is 4.13. The molecule has 0 amide bonds. The Bertz CT molecular complexity index is 969. The minimum atomic E-state index is 0.0963. The number of nitrogens with one attached hydrogen (secondary N) is 1. The van der Waals surface area contributed by atoms with Crippen molar-refractivity contribution in [3.63, 3.8) is 0 Å². The standard InChI is InChI=1S/C26H30N2O3/c1-29-24-13-12-21(19-25(24)30-2)26(28-16-7-14-27-15-17-28)20-8-6-11-23(18-20)31-22-9-4-3-5-10-22/h3-6,8-13,18-19,26-27H,7,14-17H2,1-2H3. The molecule has 162 valence electrons. The Kier molecular flexibility index (Phi) is 7.07. The van der Waals surface area contributed by atoms with Crippen LogP contribution in [0.3, 0.4) is 0 Å². The van der Waals surface area contributed by atoms with E-state index in [0.717, 1.165) is 55.6 Å². The lowest BCUT2D eigenvalue weighted by molar-refractivity contribution is 0.240. The highest BCUT2D eigenvalue weighted by molar-refractivity contribution is 5.47. The average Bonchev–Trinajstić information content (AvgIpc) is 3.09. The Labute approximate surface area is 184 Å². The van der Waals surface area contributed by atoms with E-state index in [1.54, 1.807) is 14.2 Å². The Hall–Kier alpha value is -3.02. The number of hydrogen-bond acceptors (Lipinski definition) is 5. The first-order chi connectivity index (χ1) is 15.3. The minimum Gasteiger partial charge on any atom is -0.493 e. The molecule has 4 rings (SSSR count). The van der Waals surface area contributed by atoms with Gasteiger partial charge in [-0.05, 0) is 60.5 Å². The number of nitrogens with zero attached hydrogens (tertiary/aromatic N) is 1. The molecule has 0 aromatic heterocycles. The Morgan fingerprint density at radius 1 is 0.742 bits per heavy atom. The second-order valence-electron chi connectivity index (χ2n) is 7.64. The van der Waals surface area contributed by atoms with E-state index in [4.69, 9.17) is 14.2 Å². The number of ether oxygens (including phenoxy) is 3. The maximum atomic E-state index is 6.12. The molecule has 0 radical (unpaired) electrons. The number of methoxy groups -OCH3 is 2. The third kappa shape index (κ3) is 5.19. The summed E-state index contributed by atoms with van der Waals surface area (Å²) in [6.07, 6.45) is 1.12. The van der Waals surface area contributed by atoms with Gasteiger partial charge in [-0.25, -0.2) is 0 Å². The summed E-state index contributed by atoms with van der Waals surface area (Å²) in [6.45, 7) is 4.02. The predicted octanol–water partition coefficient (Wildman–Crippen LogP) is 4.88. The van der Waals surface area contributed by atoms with Gasteiger partial charge in [-0.2, -0.15) is 0 Å². The lowest BCUT2D eigenvalue weighted by atomic mass is 9.96. The fraction of sp³-hybridized carbons (Fsp3) is 0.308. The molecular weight excluding hydrogens is 388 g/mol. The summed E-state index contributed by atoms with van der Waals surface area (Å²) in [7, 11) is 3.35. The van der Waals surface area contributed by atoms with Gasteiger partial charge in [0.1, 0.15) is 11.5 Å². The summed E-state index contributed by atoms with van der Waals surface area (Å²) in [6, 6.07) is 24.6. The number of rotatable bonds is 7. The molecule has 1 aliphatic rings. The van der Waals surface area contributed by atoms with Crippen LogP contribution in [0, 0.1) is 0 Å². The van der Waals surface area contributed by atoms with Gasteiger partial charge in [0.25, 0.3) is 0 Å². The van der Waals surface area contributed by atoms with E-state index in [9.17, 15) is 0 Å². The molecule has 1 aliphatic heterocycles. The maximum absolute atomic E-state index is 6.12. The molecule has 1 fully saturated rings. The summed E-state index contributed by atoms with van der Waals surface area (Å²) in [5, 5.41) is 3.51. The smallest absolute Gasteiger partial charge is 0.161 e. The van der Waals surface area contributed by atoms with Crippen molar-refractivity contribution in [3.8, 4) is 23.0 Å². The predicted molar refractivity (Wildman–Crippen MR) is 123 cm³/mol. The fourth-order valence-corrected chi connectivity index (χ4v) is 4.13. The summed E-state index contributed by atoms with van der Waals surface area (Å²) in [5.74, 6) is 3.15. The monoisotopic (exact) mass is 418 g/mol. The highest BCUT2D eigenvalue weighted by atomic mass is 16.5. The second kappa shape index (κ2) is 10.3. The van der Waals surface area contributed by atoms with Crippen molar-refractivity contribution in [1.82, 2.24) is 10.2 Å². The average molecular weight is 419 g/mol. The molecule has 0 saturated carbocycles. The first-order valence-electron chi connectivity index (χ1n) is 10.8. The molecule has 3 aromatic carbocycles. The molecule has 1 heterocycles. The Morgan fingerprint density at radius 2 is 1.52 bits per heavy atom. The zero-order chi connectivity index (χ0) is 21.5. The van der Waals surface area contributed by atoms with Gasteiger partial charge in [0.15, 0.2) is 11.5 Å². The van der Waals surface area contributed by atoms with Crippen molar-refractivity contribution >= 4 is 0 Å². The van der Waals surface area contributed by atoms with Gasteiger partial charge >= 0.3 is 0 Å². The highest BCUT2D eigenvalue weighted by Crippen LogP contribution is 2.37. The van der Waals surface area contributed by atoms with Crippen molar-refractivity contribution in [3.05, 3.63) is 83.9 Å². The van der Waals surface area contributed by atoms with Crippen LogP contribution in [0.15, 0.2) is 72.8 Å². The third-order valence-electron chi connectivity index (χ3n) is 5.62. The number of para-hydroxylation sites is 1. The number of hydrogen-bond donors (Lipinski definition) is 1. The second-order valence-corrected chi connectivity index (χ2v) is 7.64. The lowest BCUT2D eigenvalue weighted by Crippen LogP contribution is -2.33. The summed E-state index contributed by atoms with van der Waals surface area (Å²) in [4.78, 5) is 2.53. The van der Waals surface area contributed by atoms with E-state index in [-0.39, 0.29) is 6.04 Å². The van der Waals surface area contributed by atoms with Gasteiger partial charge < -0.3 is 19.5 Å². The SMILES string of the molecule is COc1ccc(C(c2cccc(Oc3ccccc3)c2)N2CCCNCC2)cc1OC. The van der Waals surface area contributed by atoms with Crippen LogP contribution in [0.25, 0.3) is 0 Å². The Morgan fingerprint density at radius 3 is 2.32 bits per heavy atom. The minimum absolute atomic E-state index is 0.0963. The first kappa shape index (κ1) is 21.2. The van der Waals surface area contributed by atoms with Crippen LogP contribution in [0.4, 0.5) is 0 Å². The van der Waals surface area contributed by atoms with Gasteiger partial charge in [0.05, 0.1) is 20.3 Å². The topological polar surface area (TPSA) is 43.0 Å². The van der Waals surface area contributed by atoms with Crippen molar-refractivity contribution in [2.45, 2.75) is 12.5 Å². The molecule has 1 atom stereocenters. The normalized spacial score (nSPS) is 15.7. The van der Waals surface area contributed by atoms with Crippen molar-refractivity contribution in [1.29, 1.82) is 0 Å². The summed E-state index contributed by atoms with van der Waals surface area (Å²) >= 11 is 0. The largest absolute Gasteiger partial charge is 0.493 e. The van der Waals surface area contributed by atoms with Crippen LogP contribution in [0.5, 0.6) is 23.0 Å². The third-order valence-corrected chi connectivity index (χ3v) is 5.62. The van der Waals surface area contributed by atoms with Crippen LogP contribution >= 0.6 is 0 Å². The molecule has 5 heteroatoms. The molecule has 5 nitrogen and oxygen atoms in total. The van der Waals surface area contributed by atoms with E-state index in [0.29, 0.717) is 0 Å². The van der Waals surface area contributed by atoms with Gasteiger partial charge in [0, 0.05) is 19.6 Å². The van der Waals surface area contributed by atoms with Crippen molar-refractivity contribution in [2.24, 2.45) is 0 Å². The Balaban J connectivity index is 1.71.